The van der Waals surface area contributed by atoms with Crippen LogP contribution in [0.5, 0.6) is 11.5 Å². The molecule has 0 unspecified atom stereocenters. The van der Waals surface area contributed by atoms with Crippen LogP contribution in [0.3, 0.4) is 0 Å². The number of benzene rings is 2. The smallest absolute Gasteiger partial charge is 0.261 e. The van der Waals surface area contributed by atoms with E-state index in [2.05, 4.69) is 0 Å². The van der Waals surface area contributed by atoms with Crippen LogP contribution < -0.4 is 9.47 Å². The molecule has 3 rings (SSSR count). The molecule has 1 heterocycles. The van der Waals surface area contributed by atoms with Crippen molar-refractivity contribution in [2.45, 2.75) is 25.7 Å². The minimum Gasteiger partial charge on any atom is -0.493 e. The Bertz CT molecular complexity index is 871. The highest BCUT2D eigenvalue weighted by Gasteiger charge is 2.34. The molecule has 1 aliphatic heterocycles. The van der Waals surface area contributed by atoms with Crippen molar-refractivity contribution in [3.05, 3.63) is 59.2 Å². The molecule has 6 nitrogen and oxygen atoms in total. The molecule has 2 aromatic rings. The Morgan fingerprint density at radius 3 is 2.11 bits per heavy atom. The second-order valence-electron chi connectivity index (χ2n) is 6.61. The van der Waals surface area contributed by atoms with Crippen LogP contribution in [-0.2, 0) is 0 Å². The van der Waals surface area contributed by atoms with Crippen molar-refractivity contribution >= 4 is 17.6 Å². The van der Waals surface area contributed by atoms with Gasteiger partial charge in [-0.2, -0.15) is 0 Å². The van der Waals surface area contributed by atoms with Gasteiger partial charge in [0.15, 0.2) is 17.3 Å². The highest BCUT2D eigenvalue weighted by molar-refractivity contribution is 6.21. The quantitative estimate of drug-likeness (QED) is 0.376. The van der Waals surface area contributed by atoms with Crippen molar-refractivity contribution < 1.29 is 23.9 Å². The molecule has 0 N–H and O–H groups in total. The highest BCUT2D eigenvalue weighted by atomic mass is 16.5. The maximum atomic E-state index is 12.4. The molecule has 0 saturated heterocycles. The topological polar surface area (TPSA) is 72.9 Å². The van der Waals surface area contributed by atoms with Crippen LogP contribution in [-0.4, -0.2) is 43.3 Å². The van der Waals surface area contributed by atoms with Crippen LogP contribution in [0, 0.1) is 0 Å². The third-order valence-electron chi connectivity index (χ3n) is 4.87. The van der Waals surface area contributed by atoms with E-state index in [0.29, 0.717) is 54.0 Å². The van der Waals surface area contributed by atoms with E-state index in [0.717, 1.165) is 6.42 Å². The molecular formula is C22H23NO5. The molecule has 2 amide bonds. The fourth-order valence-corrected chi connectivity index (χ4v) is 3.33. The van der Waals surface area contributed by atoms with Crippen molar-refractivity contribution in [3.63, 3.8) is 0 Å². The van der Waals surface area contributed by atoms with Crippen molar-refractivity contribution in [3.8, 4) is 11.5 Å². The van der Waals surface area contributed by atoms with Crippen LogP contribution in [0.25, 0.3) is 0 Å². The number of methoxy groups -OCH3 is 2. The number of amides is 2. The van der Waals surface area contributed by atoms with Gasteiger partial charge >= 0.3 is 0 Å². The summed E-state index contributed by atoms with van der Waals surface area (Å²) in [4.78, 5) is 38.3. The number of hydrogen-bond donors (Lipinski definition) is 0. The van der Waals surface area contributed by atoms with E-state index in [-0.39, 0.29) is 17.6 Å². The maximum Gasteiger partial charge on any atom is 0.261 e. The molecule has 0 spiro atoms. The van der Waals surface area contributed by atoms with E-state index in [4.69, 9.17) is 9.47 Å². The first-order chi connectivity index (χ1) is 13.6. The average Bonchev–Trinajstić information content (AvgIpc) is 2.97. The Morgan fingerprint density at radius 1 is 0.857 bits per heavy atom. The standard InChI is InChI=1S/C22H23NO5/c1-27-19-12-11-15(14-20(19)28-2)18(24)10-4-3-7-13-23-21(25)16-8-5-6-9-17(16)22(23)26/h5-6,8-9,11-12,14H,3-4,7,10,13H2,1-2H3. The summed E-state index contributed by atoms with van der Waals surface area (Å²) >= 11 is 0. The predicted octanol–water partition coefficient (Wildman–Crippen LogP) is 3.74. The lowest BCUT2D eigenvalue weighted by Gasteiger charge is -2.13. The van der Waals surface area contributed by atoms with Gasteiger partial charge < -0.3 is 9.47 Å². The number of carbonyl (C=O) groups is 3. The molecule has 0 radical (unpaired) electrons. The number of unbranched alkanes of at least 4 members (excludes halogenated alkanes) is 2. The second kappa shape index (κ2) is 8.69. The molecular weight excluding hydrogens is 358 g/mol. The summed E-state index contributed by atoms with van der Waals surface area (Å²) in [6.07, 6.45) is 2.52. The van der Waals surface area contributed by atoms with E-state index in [1.165, 1.54) is 12.0 Å². The SMILES string of the molecule is COc1ccc(C(=O)CCCCCN2C(=O)c3ccccc3C2=O)cc1OC. The molecule has 6 heteroatoms. The van der Waals surface area contributed by atoms with Crippen LogP contribution in [0.15, 0.2) is 42.5 Å². The lowest BCUT2D eigenvalue weighted by atomic mass is 10.0. The number of rotatable bonds is 9. The number of hydrogen-bond acceptors (Lipinski definition) is 5. The number of ether oxygens (including phenoxy) is 2. The summed E-state index contributed by atoms with van der Waals surface area (Å²) in [6.45, 7) is 0.372. The van der Waals surface area contributed by atoms with Gasteiger partial charge in [-0.3, -0.25) is 19.3 Å². The van der Waals surface area contributed by atoms with Crippen LogP contribution in [0.2, 0.25) is 0 Å². The van der Waals surface area contributed by atoms with Crippen LogP contribution in [0.4, 0.5) is 0 Å². The van der Waals surface area contributed by atoms with Gasteiger partial charge in [-0.25, -0.2) is 0 Å². The number of Topliss-reactive ketones (excluding diaryl/α,β-unsaturated/α-hetero) is 1. The lowest BCUT2D eigenvalue weighted by molar-refractivity contribution is 0.0650. The molecule has 146 valence electrons. The molecule has 0 bridgehead atoms. The zero-order chi connectivity index (χ0) is 20.1. The fourth-order valence-electron chi connectivity index (χ4n) is 3.33. The monoisotopic (exact) mass is 381 g/mol. The number of fused-ring (bicyclic) bond motifs is 1. The third kappa shape index (κ3) is 3.91. The summed E-state index contributed by atoms with van der Waals surface area (Å²) in [5.41, 5.74) is 1.52. The Hall–Kier alpha value is -3.15. The number of carbonyl (C=O) groups excluding carboxylic acids is 3. The van der Waals surface area contributed by atoms with Gasteiger partial charge in [-0.1, -0.05) is 18.6 Å². The van der Waals surface area contributed by atoms with E-state index in [9.17, 15) is 14.4 Å². The van der Waals surface area contributed by atoms with Gasteiger partial charge in [-0.15, -0.1) is 0 Å². The van der Waals surface area contributed by atoms with Gasteiger partial charge in [-0.05, 0) is 43.2 Å². The van der Waals surface area contributed by atoms with Crippen molar-refractivity contribution in [2.75, 3.05) is 20.8 Å². The van der Waals surface area contributed by atoms with Gasteiger partial charge in [0, 0.05) is 18.5 Å². The van der Waals surface area contributed by atoms with E-state index in [1.54, 1.807) is 49.6 Å². The van der Waals surface area contributed by atoms with Crippen LogP contribution >= 0.6 is 0 Å². The Kier molecular flexibility index (Phi) is 6.09. The molecule has 0 aliphatic carbocycles. The summed E-state index contributed by atoms with van der Waals surface area (Å²) < 4.78 is 10.4. The Balaban J connectivity index is 1.46. The zero-order valence-corrected chi connectivity index (χ0v) is 16.1. The van der Waals surface area contributed by atoms with Crippen molar-refractivity contribution in [1.29, 1.82) is 0 Å². The normalized spacial score (nSPS) is 12.9. The molecule has 0 aromatic heterocycles. The largest absolute Gasteiger partial charge is 0.493 e. The van der Waals surface area contributed by atoms with Crippen molar-refractivity contribution in [2.24, 2.45) is 0 Å². The van der Waals surface area contributed by atoms with E-state index in [1.807, 2.05) is 0 Å². The average molecular weight is 381 g/mol. The minimum atomic E-state index is -0.234. The first kappa shape index (κ1) is 19.6. The van der Waals surface area contributed by atoms with E-state index < -0.39 is 0 Å². The predicted molar refractivity (Wildman–Crippen MR) is 104 cm³/mol. The maximum absolute atomic E-state index is 12.4. The summed E-state index contributed by atoms with van der Waals surface area (Å²) in [5.74, 6) is 0.671. The van der Waals surface area contributed by atoms with E-state index >= 15 is 0 Å². The highest BCUT2D eigenvalue weighted by Crippen LogP contribution is 2.28. The lowest BCUT2D eigenvalue weighted by Crippen LogP contribution is -2.30. The fraction of sp³-hybridized carbons (Fsp3) is 0.318. The Labute approximate surface area is 164 Å². The second-order valence-corrected chi connectivity index (χ2v) is 6.61. The minimum absolute atomic E-state index is 0.0293. The summed E-state index contributed by atoms with van der Waals surface area (Å²) in [6, 6.07) is 12.0. The van der Waals surface area contributed by atoms with Crippen LogP contribution in [0.1, 0.15) is 56.8 Å². The summed E-state index contributed by atoms with van der Waals surface area (Å²) in [7, 11) is 3.08. The van der Waals surface area contributed by atoms with Gasteiger partial charge in [0.05, 0.1) is 25.3 Å². The van der Waals surface area contributed by atoms with Gasteiger partial charge in [0.25, 0.3) is 11.8 Å². The first-order valence-corrected chi connectivity index (χ1v) is 9.27. The summed E-state index contributed by atoms with van der Waals surface area (Å²) in [5, 5.41) is 0. The molecule has 28 heavy (non-hydrogen) atoms. The number of ketones is 1. The number of nitrogens with zero attached hydrogens (tertiary/aromatic N) is 1. The molecule has 0 fully saturated rings. The third-order valence-corrected chi connectivity index (χ3v) is 4.87. The molecule has 1 aliphatic rings. The Morgan fingerprint density at radius 2 is 1.50 bits per heavy atom. The molecule has 0 saturated carbocycles. The van der Waals surface area contributed by atoms with Crippen molar-refractivity contribution in [1.82, 2.24) is 4.90 Å². The van der Waals surface area contributed by atoms with Gasteiger partial charge in [0.1, 0.15) is 0 Å². The number of imide groups is 1. The van der Waals surface area contributed by atoms with Gasteiger partial charge in [0.2, 0.25) is 0 Å². The first-order valence-electron chi connectivity index (χ1n) is 9.27. The zero-order valence-electron chi connectivity index (χ0n) is 16.1. The molecule has 0 atom stereocenters. The molecule has 2 aromatic carbocycles.